The molecular weight excluding hydrogens is 481 g/mol. The molecule has 1 amide bonds. The maximum absolute atomic E-state index is 13.5. The third-order valence-electron chi connectivity index (χ3n) is 6.68. The highest BCUT2D eigenvalue weighted by Gasteiger charge is 2.30. The van der Waals surface area contributed by atoms with Gasteiger partial charge in [-0.1, -0.05) is 12.0 Å². The molecule has 4 rings (SSSR count). The smallest absolute Gasteiger partial charge is 0.382 e. The fourth-order valence-electron chi connectivity index (χ4n) is 4.75. The Morgan fingerprint density at radius 1 is 1.19 bits per heavy atom. The topological polar surface area (TPSA) is 88.2 Å². The van der Waals surface area contributed by atoms with E-state index in [0.717, 1.165) is 36.8 Å². The van der Waals surface area contributed by atoms with Crippen molar-refractivity contribution in [3.63, 3.8) is 0 Å². The Kier molecular flexibility index (Phi) is 7.93. The highest BCUT2D eigenvalue weighted by atomic mass is 19.4. The summed E-state index contributed by atoms with van der Waals surface area (Å²) >= 11 is 0. The summed E-state index contributed by atoms with van der Waals surface area (Å²) < 4.78 is 41.6. The van der Waals surface area contributed by atoms with Crippen molar-refractivity contribution in [2.75, 3.05) is 31.3 Å². The van der Waals surface area contributed by atoms with Crippen LogP contribution in [0.2, 0.25) is 0 Å². The van der Waals surface area contributed by atoms with Gasteiger partial charge in [-0.25, -0.2) is 4.98 Å². The van der Waals surface area contributed by atoms with Crippen LogP contribution in [0.15, 0.2) is 42.6 Å². The van der Waals surface area contributed by atoms with Crippen LogP contribution < -0.4 is 16.4 Å². The maximum atomic E-state index is 13.5. The van der Waals surface area contributed by atoms with E-state index in [-0.39, 0.29) is 18.3 Å². The third-order valence-corrected chi connectivity index (χ3v) is 6.68. The molecule has 0 bridgehead atoms. The van der Waals surface area contributed by atoms with Crippen molar-refractivity contribution in [3.8, 4) is 11.8 Å². The van der Waals surface area contributed by atoms with Gasteiger partial charge in [-0.3, -0.25) is 4.79 Å². The number of pyridine rings is 1. The molecule has 1 saturated carbocycles. The van der Waals surface area contributed by atoms with E-state index in [1.807, 2.05) is 6.07 Å². The highest BCUT2D eigenvalue weighted by molar-refractivity contribution is 5.94. The monoisotopic (exact) mass is 512 g/mol. The molecule has 0 atom stereocenters. The quantitative estimate of drug-likeness (QED) is 0.407. The summed E-state index contributed by atoms with van der Waals surface area (Å²) in [7, 11) is 4.19. The minimum atomic E-state index is -4.39. The second kappa shape index (κ2) is 11.1. The van der Waals surface area contributed by atoms with Crippen LogP contribution in [0.25, 0.3) is 10.9 Å². The van der Waals surface area contributed by atoms with E-state index in [9.17, 15) is 18.0 Å². The van der Waals surface area contributed by atoms with E-state index >= 15 is 0 Å². The summed E-state index contributed by atoms with van der Waals surface area (Å²) in [5.74, 6) is 5.17. The SMILES string of the molecule is CN(C)[C@H]1CC[C@H](Nc2cccc3c2cc(C#CCNc2ccc(C(N)=O)nc2)n3CC(F)(F)F)CC1. The molecule has 0 radical (unpaired) electrons. The molecule has 2 heterocycles. The number of primary amides is 1. The normalized spacial score (nSPS) is 17.9. The number of hydrogen-bond acceptors (Lipinski definition) is 5. The summed E-state index contributed by atoms with van der Waals surface area (Å²) in [6, 6.07) is 11.1. The van der Waals surface area contributed by atoms with Crippen molar-refractivity contribution in [2.45, 2.75) is 50.5 Å². The van der Waals surface area contributed by atoms with Crippen LogP contribution in [0.3, 0.4) is 0 Å². The van der Waals surface area contributed by atoms with Crippen LogP contribution in [0.4, 0.5) is 24.5 Å². The Morgan fingerprint density at radius 2 is 1.95 bits per heavy atom. The molecule has 196 valence electrons. The van der Waals surface area contributed by atoms with Gasteiger partial charge in [-0.15, -0.1) is 0 Å². The van der Waals surface area contributed by atoms with Gasteiger partial charge in [0.1, 0.15) is 12.2 Å². The van der Waals surface area contributed by atoms with Crippen LogP contribution in [-0.4, -0.2) is 59.3 Å². The molecule has 2 aromatic heterocycles. The Balaban J connectivity index is 1.54. The fraction of sp³-hybridized carbons (Fsp3) is 0.407. The molecule has 7 nitrogen and oxygen atoms in total. The van der Waals surface area contributed by atoms with E-state index in [0.29, 0.717) is 22.9 Å². The van der Waals surface area contributed by atoms with Gasteiger partial charge in [-0.2, -0.15) is 13.2 Å². The lowest BCUT2D eigenvalue weighted by Gasteiger charge is -2.33. The first-order chi connectivity index (χ1) is 17.6. The zero-order chi connectivity index (χ0) is 26.6. The molecule has 4 N–H and O–H groups in total. The van der Waals surface area contributed by atoms with E-state index in [1.165, 1.54) is 16.8 Å². The first kappa shape index (κ1) is 26.4. The molecule has 0 spiro atoms. The summed E-state index contributed by atoms with van der Waals surface area (Å²) in [5.41, 5.74) is 7.56. The van der Waals surface area contributed by atoms with Crippen LogP contribution in [0, 0.1) is 11.8 Å². The van der Waals surface area contributed by atoms with Crippen molar-refractivity contribution in [1.82, 2.24) is 14.5 Å². The number of rotatable bonds is 7. The molecule has 3 aromatic rings. The molecule has 1 aromatic carbocycles. The molecule has 37 heavy (non-hydrogen) atoms. The number of fused-ring (bicyclic) bond motifs is 1. The average molecular weight is 513 g/mol. The molecule has 0 unspecified atom stereocenters. The molecule has 0 saturated heterocycles. The number of carbonyl (C=O) groups excluding carboxylic acids is 1. The highest BCUT2D eigenvalue weighted by Crippen LogP contribution is 2.32. The Labute approximate surface area is 214 Å². The van der Waals surface area contributed by atoms with Crippen molar-refractivity contribution < 1.29 is 18.0 Å². The minimum absolute atomic E-state index is 0.142. The number of alkyl halides is 3. The molecule has 1 aliphatic carbocycles. The average Bonchev–Trinajstić information content (AvgIpc) is 3.19. The van der Waals surface area contributed by atoms with Crippen molar-refractivity contribution in [2.24, 2.45) is 5.73 Å². The third kappa shape index (κ3) is 6.74. The molecule has 10 heteroatoms. The maximum Gasteiger partial charge on any atom is 0.406 e. The number of benzene rings is 1. The van der Waals surface area contributed by atoms with Crippen molar-refractivity contribution >= 4 is 28.2 Å². The zero-order valence-electron chi connectivity index (χ0n) is 20.9. The van der Waals surface area contributed by atoms with E-state index in [4.69, 9.17) is 5.73 Å². The first-order valence-corrected chi connectivity index (χ1v) is 12.2. The lowest BCUT2D eigenvalue weighted by Crippen LogP contribution is -2.36. The molecular formula is C27H31F3N6O. The first-order valence-electron chi connectivity index (χ1n) is 12.2. The van der Waals surface area contributed by atoms with Gasteiger partial charge in [-0.05, 0) is 76.0 Å². The van der Waals surface area contributed by atoms with Crippen LogP contribution in [0.5, 0.6) is 0 Å². The predicted octanol–water partition coefficient (Wildman–Crippen LogP) is 4.45. The fourth-order valence-corrected chi connectivity index (χ4v) is 4.75. The number of halogens is 3. The zero-order valence-corrected chi connectivity index (χ0v) is 20.9. The summed E-state index contributed by atoms with van der Waals surface area (Å²) in [6.45, 7) is -0.935. The van der Waals surface area contributed by atoms with E-state index in [2.05, 4.69) is 46.5 Å². The number of nitrogens with two attached hydrogens (primary N) is 1. The summed E-state index contributed by atoms with van der Waals surface area (Å²) in [4.78, 5) is 17.3. The number of nitrogens with zero attached hydrogens (tertiary/aromatic N) is 3. The van der Waals surface area contributed by atoms with Gasteiger partial charge in [0.05, 0.1) is 29.6 Å². The second-order valence-corrected chi connectivity index (χ2v) is 9.53. The van der Waals surface area contributed by atoms with Crippen LogP contribution >= 0.6 is 0 Å². The number of anilines is 2. The van der Waals surface area contributed by atoms with Gasteiger partial charge in [0.25, 0.3) is 5.91 Å². The number of nitrogens with one attached hydrogen (secondary N) is 2. The van der Waals surface area contributed by atoms with Crippen LogP contribution in [0.1, 0.15) is 41.9 Å². The van der Waals surface area contributed by atoms with Crippen molar-refractivity contribution in [3.05, 3.63) is 54.0 Å². The summed E-state index contributed by atoms with van der Waals surface area (Å²) in [5, 5.41) is 7.33. The number of amides is 1. The predicted molar refractivity (Wildman–Crippen MR) is 139 cm³/mol. The number of hydrogen-bond donors (Lipinski definition) is 3. The van der Waals surface area contributed by atoms with Crippen LogP contribution in [-0.2, 0) is 6.54 Å². The second-order valence-electron chi connectivity index (χ2n) is 9.53. The van der Waals surface area contributed by atoms with Gasteiger partial charge in [0.15, 0.2) is 0 Å². The van der Waals surface area contributed by atoms with Gasteiger partial charge in [0.2, 0.25) is 0 Å². The Hall–Kier alpha value is -3.71. The largest absolute Gasteiger partial charge is 0.406 e. The molecule has 1 fully saturated rings. The van der Waals surface area contributed by atoms with Gasteiger partial charge in [0, 0.05) is 23.2 Å². The van der Waals surface area contributed by atoms with Gasteiger partial charge >= 0.3 is 6.18 Å². The molecule has 1 aliphatic rings. The lowest BCUT2D eigenvalue weighted by atomic mass is 9.90. The van der Waals surface area contributed by atoms with E-state index < -0.39 is 18.6 Å². The Bertz CT molecular complexity index is 1300. The standard InChI is InChI=1S/C27H31F3N6O/c1-35(2)20-11-8-18(9-12-20)34-23-6-3-7-25-22(23)15-21(36(25)17-27(28,29)30)5-4-14-32-19-10-13-24(26(31)37)33-16-19/h3,6-7,10,13,15-16,18,20,32,34H,8-9,11-12,14,17H2,1-2H3,(H2,31,37)/t18-,20-. The lowest BCUT2D eigenvalue weighted by molar-refractivity contribution is -0.140. The summed E-state index contributed by atoms with van der Waals surface area (Å²) in [6.07, 6.45) is 1.25. The van der Waals surface area contributed by atoms with Crippen molar-refractivity contribution in [1.29, 1.82) is 0 Å². The Morgan fingerprint density at radius 3 is 2.57 bits per heavy atom. The minimum Gasteiger partial charge on any atom is -0.382 e. The van der Waals surface area contributed by atoms with Gasteiger partial charge < -0.3 is 25.8 Å². The molecule has 0 aliphatic heterocycles. The number of aromatic nitrogens is 2. The number of carbonyl (C=O) groups is 1. The van der Waals surface area contributed by atoms with E-state index in [1.54, 1.807) is 24.3 Å².